The van der Waals surface area contributed by atoms with Gasteiger partial charge >= 0.3 is 0 Å². The number of nitrogens with two attached hydrogens (primary N) is 1. The van der Waals surface area contributed by atoms with Gasteiger partial charge in [0.1, 0.15) is 0 Å². The summed E-state index contributed by atoms with van der Waals surface area (Å²) in [6, 6.07) is 0.457. The molecule has 1 aliphatic rings. The summed E-state index contributed by atoms with van der Waals surface area (Å²) in [7, 11) is 2.18. The number of hydrogen-bond donors (Lipinski definition) is 1. The number of rotatable bonds is 4. The van der Waals surface area contributed by atoms with Gasteiger partial charge in [-0.3, -0.25) is 4.90 Å². The predicted molar refractivity (Wildman–Crippen MR) is 65.1 cm³/mol. The molecule has 0 aromatic carbocycles. The monoisotopic (exact) mass is 222 g/mol. The third-order valence-corrected chi connectivity index (χ3v) is 3.59. The van der Waals surface area contributed by atoms with Gasteiger partial charge in [0.15, 0.2) is 0 Å². The van der Waals surface area contributed by atoms with Crippen LogP contribution in [0.3, 0.4) is 0 Å². The fourth-order valence-electron chi connectivity index (χ4n) is 2.75. The maximum atomic E-state index is 5.86. The first-order valence-corrected chi connectivity index (χ1v) is 6.18. The minimum absolute atomic E-state index is 0.457. The molecule has 1 aromatic rings. The molecule has 16 heavy (non-hydrogen) atoms. The SMILES string of the molecule is CCCn1cncc1C1C(CN)CCN1C. The molecule has 4 heteroatoms. The van der Waals surface area contributed by atoms with E-state index in [1.54, 1.807) is 0 Å². The van der Waals surface area contributed by atoms with E-state index in [-0.39, 0.29) is 0 Å². The maximum Gasteiger partial charge on any atom is 0.0948 e. The Hall–Kier alpha value is -0.870. The van der Waals surface area contributed by atoms with Crippen LogP contribution in [0.4, 0.5) is 0 Å². The largest absolute Gasteiger partial charge is 0.333 e. The van der Waals surface area contributed by atoms with Crippen molar-refractivity contribution in [2.75, 3.05) is 20.1 Å². The lowest BCUT2D eigenvalue weighted by Gasteiger charge is -2.25. The van der Waals surface area contributed by atoms with Gasteiger partial charge in [-0.1, -0.05) is 6.92 Å². The van der Waals surface area contributed by atoms with Crippen molar-refractivity contribution >= 4 is 0 Å². The second-order valence-corrected chi connectivity index (χ2v) is 4.72. The lowest BCUT2D eigenvalue weighted by atomic mass is 9.98. The molecule has 0 saturated carbocycles. The molecule has 1 fully saturated rings. The van der Waals surface area contributed by atoms with E-state index < -0.39 is 0 Å². The van der Waals surface area contributed by atoms with E-state index in [0.717, 1.165) is 26.1 Å². The van der Waals surface area contributed by atoms with Gasteiger partial charge in [0.2, 0.25) is 0 Å². The van der Waals surface area contributed by atoms with E-state index in [1.807, 2.05) is 12.5 Å². The van der Waals surface area contributed by atoms with Crippen LogP contribution in [0.5, 0.6) is 0 Å². The van der Waals surface area contributed by atoms with Gasteiger partial charge in [0, 0.05) is 12.7 Å². The molecule has 4 nitrogen and oxygen atoms in total. The number of aromatic nitrogens is 2. The van der Waals surface area contributed by atoms with Crippen LogP contribution in [0.15, 0.2) is 12.5 Å². The molecule has 0 spiro atoms. The van der Waals surface area contributed by atoms with Gasteiger partial charge in [-0.15, -0.1) is 0 Å². The van der Waals surface area contributed by atoms with Gasteiger partial charge in [0.05, 0.1) is 18.1 Å². The van der Waals surface area contributed by atoms with Crippen LogP contribution in [0, 0.1) is 5.92 Å². The van der Waals surface area contributed by atoms with E-state index in [1.165, 1.54) is 12.1 Å². The first-order chi connectivity index (χ1) is 7.77. The molecule has 2 unspecified atom stereocenters. The Morgan fingerprint density at radius 2 is 2.38 bits per heavy atom. The number of hydrogen-bond acceptors (Lipinski definition) is 3. The van der Waals surface area contributed by atoms with Crippen molar-refractivity contribution in [3.05, 3.63) is 18.2 Å². The van der Waals surface area contributed by atoms with Crippen molar-refractivity contribution in [2.24, 2.45) is 11.7 Å². The van der Waals surface area contributed by atoms with Gasteiger partial charge in [0.25, 0.3) is 0 Å². The lowest BCUT2D eigenvalue weighted by molar-refractivity contribution is 0.266. The second-order valence-electron chi connectivity index (χ2n) is 4.72. The van der Waals surface area contributed by atoms with Crippen LogP contribution >= 0.6 is 0 Å². The van der Waals surface area contributed by atoms with Crippen molar-refractivity contribution in [3.8, 4) is 0 Å². The van der Waals surface area contributed by atoms with Crippen molar-refractivity contribution in [1.82, 2.24) is 14.5 Å². The highest BCUT2D eigenvalue weighted by atomic mass is 15.2. The van der Waals surface area contributed by atoms with Crippen LogP contribution in [0.25, 0.3) is 0 Å². The van der Waals surface area contributed by atoms with E-state index >= 15 is 0 Å². The highest BCUT2D eigenvalue weighted by Gasteiger charge is 2.33. The lowest BCUT2D eigenvalue weighted by Crippen LogP contribution is -2.27. The maximum absolute atomic E-state index is 5.86. The van der Waals surface area contributed by atoms with Gasteiger partial charge < -0.3 is 10.3 Å². The summed E-state index contributed by atoms with van der Waals surface area (Å²) in [5.41, 5.74) is 7.19. The topological polar surface area (TPSA) is 47.1 Å². The third kappa shape index (κ3) is 1.99. The molecule has 2 rings (SSSR count). The molecule has 1 aromatic heterocycles. The van der Waals surface area contributed by atoms with Crippen LogP contribution in [-0.4, -0.2) is 34.6 Å². The van der Waals surface area contributed by atoms with Crippen molar-refractivity contribution in [1.29, 1.82) is 0 Å². The zero-order valence-corrected chi connectivity index (χ0v) is 10.3. The highest BCUT2D eigenvalue weighted by molar-refractivity contribution is 5.10. The summed E-state index contributed by atoms with van der Waals surface area (Å²) in [6.07, 6.45) is 6.30. The normalized spacial score (nSPS) is 26.4. The number of nitrogens with zero attached hydrogens (tertiary/aromatic N) is 3. The third-order valence-electron chi connectivity index (χ3n) is 3.59. The Kier molecular flexibility index (Phi) is 3.61. The average Bonchev–Trinajstić information content (AvgIpc) is 2.85. The Balaban J connectivity index is 2.23. The van der Waals surface area contributed by atoms with Crippen LogP contribution in [0.1, 0.15) is 31.5 Å². The zero-order chi connectivity index (χ0) is 11.5. The van der Waals surface area contributed by atoms with Gasteiger partial charge in [-0.25, -0.2) is 4.98 Å². The Morgan fingerprint density at radius 1 is 1.56 bits per heavy atom. The van der Waals surface area contributed by atoms with Crippen molar-refractivity contribution < 1.29 is 0 Å². The summed E-state index contributed by atoms with van der Waals surface area (Å²) in [5.74, 6) is 0.581. The molecule has 0 aliphatic carbocycles. The molecule has 90 valence electrons. The Labute approximate surface area is 97.4 Å². The number of likely N-dealkylation sites (tertiary alicyclic amines) is 1. The minimum atomic E-state index is 0.457. The number of imidazole rings is 1. The fraction of sp³-hybridized carbons (Fsp3) is 0.750. The molecule has 2 heterocycles. The van der Waals surface area contributed by atoms with Gasteiger partial charge in [-0.2, -0.15) is 0 Å². The van der Waals surface area contributed by atoms with E-state index in [9.17, 15) is 0 Å². The first kappa shape index (κ1) is 11.6. The van der Waals surface area contributed by atoms with E-state index in [2.05, 4.69) is 28.4 Å². The van der Waals surface area contributed by atoms with Crippen LogP contribution in [0.2, 0.25) is 0 Å². The van der Waals surface area contributed by atoms with Crippen molar-refractivity contribution in [3.63, 3.8) is 0 Å². The summed E-state index contributed by atoms with van der Waals surface area (Å²) in [5, 5.41) is 0. The second kappa shape index (κ2) is 4.97. The zero-order valence-electron chi connectivity index (χ0n) is 10.3. The Morgan fingerprint density at radius 3 is 3.06 bits per heavy atom. The molecular weight excluding hydrogens is 200 g/mol. The molecule has 2 N–H and O–H groups in total. The smallest absolute Gasteiger partial charge is 0.0948 e. The van der Waals surface area contributed by atoms with Crippen LogP contribution in [-0.2, 0) is 6.54 Å². The number of aryl methyl sites for hydroxylation is 1. The molecule has 1 aliphatic heterocycles. The molecule has 0 bridgehead atoms. The summed E-state index contributed by atoms with van der Waals surface area (Å²) >= 11 is 0. The molecule has 1 saturated heterocycles. The predicted octanol–water partition coefficient (Wildman–Crippen LogP) is 1.24. The quantitative estimate of drug-likeness (QED) is 0.834. The van der Waals surface area contributed by atoms with Gasteiger partial charge in [-0.05, 0) is 38.9 Å². The first-order valence-electron chi connectivity index (χ1n) is 6.18. The summed E-state index contributed by atoms with van der Waals surface area (Å²) in [6.45, 7) is 5.16. The van der Waals surface area contributed by atoms with Crippen molar-refractivity contribution in [2.45, 2.75) is 32.4 Å². The van der Waals surface area contributed by atoms with Crippen LogP contribution < -0.4 is 5.73 Å². The molecular formula is C12H22N4. The standard InChI is InChI=1S/C12H22N4/c1-3-5-16-9-14-8-11(16)12-10(7-13)4-6-15(12)2/h8-10,12H,3-7,13H2,1-2H3. The fourth-order valence-corrected chi connectivity index (χ4v) is 2.75. The highest BCUT2D eigenvalue weighted by Crippen LogP contribution is 2.35. The summed E-state index contributed by atoms with van der Waals surface area (Å²) in [4.78, 5) is 6.69. The molecule has 2 atom stereocenters. The average molecular weight is 222 g/mol. The van der Waals surface area contributed by atoms with E-state index in [0.29, 0.717) is 12.0 Å². The summed E-state index contributed by atoms with van der Waals surface area (Å²) < 4.78 is 2.27. The minimum Gasteiger partial charge on any atom is -0.333 e. The van der Waals surface area contributed by atoms with E-state index in [4.69, 9.17) is 5.73 Å². The molecule has 0 amide bonds. The molecule has 0 radical (unpaired) electrons. The Bertz CT molecular complexity index is 334.